The molecule has 1 fully saturated rings. The van der Waals surface area contributed by atoms with Crippen molar-refractivity contribution in [3.8, 4) is 0 Å². The fourth-order valence-corrected chi connectivity index (χ4v) is 4.24. The second kappa shape index (κ2) is 4.09. The standard InChI is InChI=1S/C18H26N2/c1-12-9-13(2)16(14(3)10-12)20-11-19-18(6)8-7-15(20)17(18,4)5/h9-11,15H,7-8H2,1-6H3. The molecule has 108 valence electrons. The van der Waals surface area contributed by atoms with E-state index in [0.717, 1.165) is 0 Å². The van der Waals surface area contributed by atoms with Crippen LogP contribution < -0.4 is 4.90 Å². The molecule has 0 N–H and O–H groups in total. The number of hydrogen-bond acceptors (Lipinski definition) is 2. The maximum atomic E-state index is 4.94. The molecule has 2 heteroatoms. The maximum Gasteiger partial charge on any atom is 0.0904 e. The van der Waals surface area contributed by atoms with Crippen molar-refractivity contribution in [1.82, 2.24) is 0 Å². The molecule has 0 spiro atoms. The highest BCUT2D eigenvalue weighted by Gasteiger charge is 2.55. The number of aliphatic imine (C=N–C) groups is 1. The van der Waals surface area contributed by atoms with Gasteiger partial charge >= 0.3 is 0 Å². The number of aryl methyl sites for hydroxylation is 3. The Kier molecular flexibility index (Phi) is 2.80. The van der Waals surface area contributed by atoms with Gasteiger partial charge in [-0.05, 0) is 51.7 Å². The molecule has 0 aromatic heterocycles. The summed E-state index contributed by atoms with van der Waals surface area (Å²) in [5.41, 5.74) is 5.77. The zero-order valence-corrected chi connectivity index (χ0v) is 13.6. The highest BCUT2D eigenvalue weighted by molar-refractivity contribution is 5.85. The topological polar surface area (TPSA) is 15.6 Å². The van der Waals surface area contributed by atoms with Gasteiger partial charge in [0.15, 0.2) is 0 Å². The second-order valence-electron chi connectivity index (χ2n) is 7.45. The molecule has 1 aliphatic carbocycles. The number of rotatable bonds is 1. The van der Waals surface area contributed by atoms with Gasteiger partial charge in [0, 0.05) is 17.1 Å². The lowest BCUT2D eigenvalue weighted by molar-refractivity contribution is 0.200. The first-order valence-corrected chi connectivity index (χ1v) is 7.68. The smallest absolute Gasteiger partial charge is 0.0904 e. The largest absolute Gasteiger partial charge is 0.329 e. The van der Waals surface area contributed by atoms with Crippen LogP contribution in [-0.4, -0.2) is 17.9 Å². The van der Waals surface area contributed by atoms with Crippen LogP contribution in [0.25, 0.3) is 0 Å². The molecule has 20 heavy (non-hydrogen) atoms. The predicted octanol–water partition coefficient (Wildman–Crippen LogP) is 4.41. The van der Waals surface area contributed by atoms with E-state index in [0.29, 0.717) is 6.04 Å². The van der Waals surface area contributed by atoms with E-state index in [-0.39, 0.29) is 11.0 Å². The highest BCUT2D eigenvalue weighted by Crippen LogP contribution is 2.53. The minimum Gasteiger partial charge on any atom is -0.329 e. The zero-order chi connectivity index (χ0) is 14.7. The predicted molar refractivity (Wildman–Crippen MR) is 86.8 cm³/mol. The first-order valence-electron chi connectivity index (χ1n) is 7.68. The molecule has 2 nitrogen and oxygen atoms in total. The van der Waals surface area contributed by atoms with E-state index in [4.69, 9.17) is 4.99 Å². The molecule has 1 aliphatic heterocycles. The van der Waals surface area contributed by atoms with Gasteiger partial charge in [-0.3, -0.25) is 4.99 Å². The summed E-state index contributed by atoms with van der Waals surface area (Å²) in [4.78, 5) is 7.38. The normalized spacial score (nSPS) is 30.9. The summed E-state index contributed by atoms with van der Waals surface area (Å²) in [6, 6.07) is 5.13. The number of hydrogen-bond donors (Lipinski definition) is 0. The van der Waals surface area contributed by atoms with Crippen molar-refractivity contribution in [3.05, 3.63) is 28.8 Å². The first kappa shape index (κ1) is 13.7. The Morgan fingerprint density at radius 2 is 1.70 bits per heavy atom. The van der Waals surface area contributed by atoms with Crippen LogP contribution >= 0.6 is 0 Å². The molecule has 1 heterocycles. The molecular formula is C18H26N2. The van der Waals surface area contributed by atoms with Gasteiger partial charge in [-0.25, -0.2) is 0 Å². The zero-order valence-electron chi connectivity index (χ0n) is 13.6. The molecule has 2 aliphatic rings. The third kappa shape index (κ3) is 1.66. The van der Waals surface area contributed by atoms with E-state index in [2.05, 4.69) is 64.9 Å². The molecule has 1 aromatic rings. The van der Waals surface area contributed by atoms with E-state index in [1.54, 1.807) is 0 Å². The lowest BCUT2D eigenvalue weighted by Gasteiger charge is -2.47. The van der Waals surface area contributed by atoms with Gasteiger partial charge in [0.25, 0.3) is 0 Å². The van der Waals surface area contributed by atoms with Crippen molar-refractivity contribution in [2.45, 2.75) is 66.0 Å². The first-order chi connectivity index (χ1) is 9.26. The molecule has 0 radical (unpaired) electrons. The lowest BCUT2D eigenvalue weighted by atomic mass is 9.73. The van der Waals surface area contributed by atoms with Crippen molar-refractivity contribution < 1.29 is 0 Å². The van der Waals surface area contributed by atoms with E-state index < -0.39 is 0 Å². The number of fused-ring (bicyclic) bond motifs is 2. The van der Waals surface area contributed by atoms with Crippen LogP contribution in [0.15, 0.2) is 17.1 Å². The van der Waals surface area contributed by atoms with Crippen molar-refractivity contribution >= 4 is 12.0 Å². The third-order valence-corrected chi connectivity index (χ3v) is 5.82. The number of anilines is 1. The Morgan fingerprint density at radius 1 is 1.10 bits per heavy atom. The van der Waals surface area contributed by atoms with Gasteiger partial charge in [-0.2, -0.15) is 0 Å². The molecule has 2 bridgehead atoms. The Balaban J connectivity index is 2.12. The molecule has 0 amide bonds. The molecular weight excluding hydrogens is 244 g/mol. The SMILES string of the molecule is Cc1cc(C)c(N2C=NC3(C)CCC2C3(C)C)c(C)c1. The second-order valence-corrected chi connectivity index (χ2v) is 7.45. The summed E-state index contributed by atoms with van der Waals surface area (Å²) in [5, 5.41) is 0. The maximum absolute atomic E-state index is 4.94. The highest BCUT2D eigenvalue weighted by atomic mass is 15.3. The van der Waals surface area contributed by atoms with Crippen LogP contribution in [0.2, 0.25) is 0 Å². The average molecular weight is 270 g/mol. The lowest BCUT2D eigenvalue weighted by Crippen LogP contribution is -2.53. The van der Waals surface area contributed by atoms with Crippen LogP contribution in [0.4, 0.5) is 5.69 Å². The fraction of sp³-hybridized carbons (Fsp3) is 0.611. The molecule has 3 rings (SSSR count). The summed E-state index contributed by atoms with van der Waals surface area (Å²) in [6.07, 6.45) is 4.53. The fourth-order valence-electron chi connectivity index (χ4n) is 4.24. The minimum absolute atomic E-state index is 0.112. The van der Waals surface area contributed by atoms with E-state index >= 15 is 0 Å². The Hall–Kier alpha value is -1.31. The van der Waals surface area contributed by atoms with Crippen LogP contribution in [0.5, 0.6) is 0 Å². The molecule has 1 aromatic carbocycles. The number of benzene rings is 1. The quantitative estimate of drug-likeness (QED) is 0.738. The van der Waals surface area contributed by atoms with Gasteiger partial charge in [0.2, 0.25) is 0 Å². The Labute approximate surface area is 122 Å². The average Bonchev–Trinajstić information content (AvgIpc) is 2.46. The summed E-state index contributed by atoms with van der Waals surface area (Å²) >= 11 is 0. The number of nitrogens with zero attached hydrogens (tertiary/aromatic N) is 2. The van der Waals surface area contributed by atoms with Crippen LogP contribution in [0.3, 0.4) is 0 Å². The van der Waals surface area contributed by atoms with Crippen molar-refractivity contribution in [1.29, 1.82) is 0 Å². The van der Waals surface area contributed by atoms with Gasteiger partial charge in [0.1, 0.15) is 0 Å². The Morgan fingerprint density at radius 3 is 2.30 bits per heavy atom. The van der Waals surface area contributed by atoms with Crippen LogP contribution in [-0.2, 0) is 0 Å². The summed E-state index contributed by atoms with van der Waals surface area (Å²) < 4.78 is 0. The van der Waals surface area contributed by atoms with Crippen molar-refractivity contribution in [2.24, 2.45) is 10.4 Å². The van der Waals surface area contributed by atoms with Gasteiger partial charge in [0.05, 0.1) is 11.9 Å². The Bertz CT molecular complexity index is 562. The third-order valence-electron chi connectivity index (χ3n) is 5.82. The molecule has 2 unspecified atom stereocenters. The monoisotopic (exact) mass is 270 g/mol. The molecule has 1 saturated carbocycles. The van der Waals surface area contributed by atoms with Crippen molar-refractivity contribution in [2.75, 3.05) is 4.90 Å². The van der Waals surface area contributed by atoms with Gasteiger partial charge < -0.3 is 4.90 Å². The van der Waals surface area contributed by atoms with Gasteiger partial charge in [-0.1, -0.05) is 31.5 Å². The van der Waals surface area contributed by atoms with E-state index in [1.165, 1.54) is 35.2 Å². The molecule has 0 saturated heterocycles. The molecule has 2 atom stereocenters. The van der Waals surface area contributed by atoms with E-state index in [1.807, 2.05) is 0 Å². The summed E-state index contributed by atoms with van der Waals surface area (Å²) in [6.45, 7) is 13.7. The van der Waals surface area contributed by atoms with E-state index in [9.17, 15) is 0 Å². The van der Waals surface area contributed by atoms with Gasteiger partial charge in [-0.15, -0.1) is 0 Å². The van der Waals surface area contributed by atoms with Crippen molar-refractivity contribution in [3.63, 3.8) is 0 Å². The minimum atomic E-state index is 0.112. The summed E-state index contributed by atoms with van der Waals surface area (Å²) in [5.74, 6) is 0. The van der Waals surface area contributed by atoms with Crippen LogP contribution in [0, 0.1) is 26.2 Å². The summed E-state index contributed by atoms with van der Waals surface area (Å²) in [7, 11) is 0. The van der Waals surface area contributed by atoms with Crippen LogP contribution in [0.1, 0.15) is 50.3 Å².